The van der Waals surface area contributed by atoms with Crippen LogP contribution in [0.2, 0.25) is 0 Å². The minimum Gasteiger partial charge on any atom is -0.489 e. The molecular weight excluding hydrogens is 445 g/mol. The summed E-state index contributed by atoms with van der Waals surface area (Å²) in [5.41, 5.74) is 1.75. The Kier molecular flexibility index (Phi) is 4.55. The molecule has 2 aromatic heterocycles. The lowest BCUT2D eigenvalue weighted by Gasteiger charge is -2.15. The molecule has 0 amide bonds. The van der Waals surface area contributed by atoms with E-state index < -0.39 is 11.7 Å². The van der Waals surface area contributed by atoms with E-state index in [1.165, 1.54) is 6.07 Å². The van der Waals surface area contributed by atoms with Crippen molar-refractivity contribution in [3.63, 3.8) is 0 Å². The van der Waals surface area contributed by atoms with Gasteiger partial charge in [-0.05, 0) is 55.2 Å². The van der Waals surface area contributed by atoms with Crippen LogP contribution in [-0.2, 0) is 6.18 Å². The Morgan fingerprint density at radius 1 is 1.15 bits per heavy atom. The van der Waals surface area contributed by atoms with Crippen molar-refractivity contribution in [3.05, 3.63) is 72.1 Å². The van der Waals surface area contributed by atoms with E-state index in [9.17, 15) is 13.2 Å². The van der Waals surface area contributed by atoms with Gasteiger partial charge in [-0.2, -0.15) is 13.2 Å². The predicted molar refractivity (Wildman–Crippen MR) is 122 cm³/mol. The van der Waals surface area contributed by atoms with Crippen molar-refractivity contribution in [2.75, 3.05) is 11.9 Å². The Labute approximate surface area is 192 Å². The molecule has 1 aliphatic heterocycles. The molecule has 4 aromatic rings. The molecule has 3 atom stereocenters. The van der Waals surface area contributed by atoms with Crippen LogP contribution in [-0.4, -0.2) is 29.3 Å². The van der Waals surface area contributed by atoms with Crippen molar-refractivity contribution in [3.8, 4) is 17.2 Å². The number of aliphatic imine (C=N–C) groups is 1. The van der Waals surface area contributed by atoms with Crippen molar-refractivity contribution < 1.29 is 22.6 Å². The first kappa shape index (κ1) is 20.6. The average Bonchev–Trinajstić information content (AvgIpc) is 3.13. The summed E-state index contributed by atoms with van der Waals surface area (Å²) in [4.78, 5) is 11.2. The minimum atomic E-state index is -4.43. The smallest absolute Gasteiger partial charge is 0.416 e. The fourth-order valence-electron chi connectivity index (χ4n) is 4.63. The summed E-state index contributed by atoms with van der Waals surface area (Å²) in [6.07, 6.45) is -0.944. The molecular formula is C25H19F3N4O2. The van der Waals surface area contributed by atoms with E-state index in [2.05, 4.69) is 27.0 Å². The van der Waals surface area contributed by atoms with E-state index >= 15 is 0 Å². The number of pyridine rings is 1. The van der Waals surface area contributed by atoms with Gasteiger partial charge in [0.1, 0.15) is 29.0 Å². The Hall–Kier alpha value is -4.01. The second kappa shape index (κ2) is 7.51. The fourth-order valence-corrected chi connectivity index (χ4v) is 4.63. The molecule has 2 aromatic carbocycles. The molecule has 2 aliphatic rings. The lowest BCUT2D eigenvalue weighted by molar-refractivity contribution is -0.137. The Morgan fingerprint density at radius 3 is 2.85 bits per heavy atom. The second-order valence-electron chi connectivity index (χ2n) is 8.39. The lowest BCUT2D eigenvalue weighted by Crippen LogP contribution is -2.12. The molecule has 0 spiro atoms. The summed E-state index contributed by atoms with van der Waals surface area (Å²) in [6, 6.07) is 12.8. The number of anilines is 1. The largest absolute Gasteiger partial charge is 0.489 e. The van der Waals surface area contributed by atoms with Crippen molar-refractivity contribution in [2.45, 2.75) is 18.2 Å². The highest BCUT2D eigenvalue weighted by Crippen LogP contribution is 2.59. The first-order chi connectivity index (χ1) is 16.4. The molecule has 3 unspecified atom stereocenters. The van der Waals surface area contributed by atoms with E-state index in [0.717, 1.165) is 34.5 Å². The number of nitrogens with one attached hydrogen (secondary N) is 2. The fraction of sp³-hybridized carbons (Fsp3) is 0.200. The van der Waals surface area contributed by atoms with Gasteiger partial charge in [0.15, 0.2) is 0 Å². The number of halogens is 3. The van der Waals surface area contributed by atoms with Crippen molar-refractivity contribution >= 4 is 29.1 Å². The maximum Gasteiger partial charge on any atom is 0.416 e. The maximum absolute atomic E-state index is 13.1. The number of aromatic amines is 1. The van der Waals surface area contributed by atoms with Crippen molar-refractivity contribution in [2.24, 2.45) is 10.9 Å². The summed E-state index contributed by atoms with van der Waals surface area (Å²) >= 11 is 0. The van der Waals surface area contributed by atoms with Gasteiger partial charge < -0.3 is 19.8 Å². The number of hydrogen-bond donors (Lipinski definition) is 2. The number of ether oxygens (including phenoxy) is 2. The molecule has 6 nitrogen and oxygen atoms in total. The molecule has 0 radical (unpaired) electrons. The van der Waals surface area contributed by atoms with Crippen LogP contribution in [0.25, 0.3) is 11.0 Å². The number of H-pyrrole nitrogens is 1. The SMILES string of the molecule is C=Nc1ccc(C(F)(F)F)cc1NCC1C2Oc3ccc(Oc4ccnc5[nH]ccc45)cc3C12. The number of alkyl halides is 3. The molecule has 2 N–H and O–H groups in total. The summed E-state index contributed by atoms with van der Waals surface area (Å²) in [6.45, 7) is 3.91. The quantitative estimate of drug-likeness (QED) is 0.329. The van der Waals surface area contributed by atoms with Crippen molar-refractivity contribution in [1.29, 1.82) is 0 Å². The first-order valence-corrected chi connectivity index (χ1v) is 10.7. The van der Waals surface area contributed by atoms with E-state index in [-0.39, 0.29) is 17.9 Å². The Morgan fingerprint density at radius 2 is 2.03 bits per heavy atom. The Balaban J connectivity index is 1.18. The van der Waals surface area contributed by atoms with Gasteiger partial charge in [-0.1, -0.05) is 0 Å². The van der Waals surface area contributed by atoms with E-state index in [1.807, 2.05) is 36.5 Å². The van der Waals surface area contributed by atoms with Gasteiger partial charge in [0, 0.05) is 36.3 Å². The average molecular weight is 464 g/mol. The lowest BCUT2D eigenvalue weighted by atomic mass is 10.1. The molecule has 6 rings (SSSR count). The first-order valence-electron chi connectivity index (χ1n) is 10.7. The highest BCUT2D eigenvalue weighted by atomic mass is 19.4. The third-order valence-corrected chi connectivity index (χ3v) is 6.37. The van der Waals surface area contributed by atoms with E-state index in [4.69, 9.17) is 9.47 Å². The van der Waals surface area contributed by atoms with Crippen LogP contribution < -0.4 is 14.8 Å². The summed E-state index contributed by atoms with van der Waals surface area (Å²) in [5.74, 6) is 2.48. The van der Waals surface area contributed by atoms with Crippen LogP contribution in [0.1, 0.15) is 17.0 Å². The van der Waals surface area contributed by atoms with Gasteiger partial charge in [-0.25, -0.2) is 4.98 Å². The third-order valence-electron chi connectivity index (χ3n) is 6.37. The summed E-state index contributed by atoms with van der Waals surface area (Å²) < 4.78 is 51.5. The van der Waals surface area contributed by atoms with Gasteiger partial charge in [-0.15, -0.1) is 0 Å². The van der Waals surface area contributed by atoms with Gasteiger partial charge in [-0.3, -0.25) is 4.99 Å². The molecule has 1 saturated carbocycles. The van der Waals surface area contributed by atoms with Crippen LogP contribution in [0.3, 0.4) is 0 Å². The zero-order chi connectivity index (χ0) is 23.4. The highest BCUT2D eigenvalue weighted by molar-refractivity contribution is 5.82. The minimum absolute atomic E-state index is 0.0130. The van der Waals surface area contributed by atoms with Crippen LogP contribution in [0.4, 0.5) is 24.5 Å². The van der Waals surface area contributed by atoms with Crippen LogP contribution in [0.5, 0.6) is 17.2 Å². The summed E-state index contributed by atoms with van der Waals surface area (Å²) in [5, 5.41) is 4.00. The predicted octanol–water partition coefficient (Wildman–Crippen LogP) is 6.29. The number of benzene rings is 2. The topological polar surface area (TPSA) is 71.5 Å². The highest BCUT2D eigenvalue weighted by Gasteiger charge is 2.58. The molecule has 1 aliphatic carbocycles. The molecule has 1 fully saturated rings. The number of aromatic nitrogens is 2. The molecule has 0 saturated heterocycles. The molecule has 9 heteroatoms. The zero-order valence-corrected chi connectivity index (χ0v) is 17.8. The standard InChI is InChI=1S/C25H19F3N4O2/c1-29-18-4-2-13(25(26,27)28)10-19(18)32-12-17-22-16-11-14(3-5-20(16)34-23(17)22)33-21-7-9-31-24-15(21)6-8-30-24/h2-11,17,22-23,32H,1,12H2,(H,30,31). The van der Waals surface area contributed by atoms with Gasteiger partial charge in [0.25, 0.3) is 0 Å². The number of nitrogens with zero attached hydrogens (tertiary/aromatic N) is 2. The number of rotatable bonds is 6. The second-order valence-corrected chi connectivity index (χ2v) is 8.39. The normalized spacial score (nSPS) is 20.4. The van der Waals surface area contributed by atoms with Crippen LogP contribution in [0, 0.1) is 5.92 Å². The van der Waals surface area contributed by atoms with Crippen LogP contribution in [0.15, 0.2) is 65.9 Å². The molecule has 3 heterocycles. The van der Waals surface area contributed by atoms with E-state index in [1.54, 1.807) is 6.20 Å². The third kappa shape index (κ3) is 3.44. The van der Waals surface area contributed by atoms with Gasteiger partial charge in [0.05, 0.1) is 22.3 Å². The molecule has 34 heavy (non-hydrogen) atoms. The summed E-state index contributed by atoms with van der Waals surface area (Å²) in [7, 11) is 0. The zero-order valence-electron chi connectivity index (χ0n) is 17.8. The molecule has 172 valence electrons. The maximum atomic E-state index is 13.1. The van der Waals surface area contributed by atoms with Gasteiger partial charge >= 0.3 is 6.18 Å². The van der Waals surface area contributed by atoms with E-state index in [0.29, 0.717) is 29.4 Å². The van der Waals surface area contributed by atoms with Crippen LogP contribution >= 0.6 is 0 Å². The monoisotopic (exact) mass is 464 g/mol. The van der Waals surface area contributed by atoms with Gasteiger partial charge in [0.2, 0.25) is 0 Å². The molecule has 0 bridgehead atoms. The number of fused-ring (bicyclic) bond motifs is 4. The van der Waals surface area contributed by atoms with Crippen molar-refractivity contribution in [1.82, 2.24) is 9.97 Å². The Bertz CT molecular complexity index is 1420. The number of hydrogen-bond acceptors (Lipinski definition) is 5.